The van der Waals surface area contributed by atoms with Crippen LogP contribution in [0.25, 0.3) is 10.9 Å². The third kappa shape index (κ3) is 1.22. The van der Waals surface area contributed by atoms with Gasteiger partial charge in [0.05, 0.1) is 6.54 Å². The molecule has 0 fully saturated rings. The van der Waals surface area contributed by atoms with Crippen molar-refractivity contribution in [2.75, 3.05) is 6.54 Å². The average molecular weight is 188 g/mol. The lowest BCUT2D eigenvalue weighted by Gasteiger charge is -2.04. The molecule has 0 atom stereocenters. The van der Waals surface area contributed by atoms with E-state index in [1.807, 2.05) is 31.3 Å². The summed E-state index contributed by atoms with van der Waals surface area (Å²) < 4.78 is 0. The van der Waals surface area contributed by atoms with Gasteiger partial charge in [0.25, 0.3) is 0 Å². The lowest BCUT2D eigenvalue weighted by Crippen LogP contribution is -2.14. The van der Waals surface area contributed by atoms with Crippen LogP contribution in [0.15, 0.2) is 24.4 Å². The highest BCUT2D eigenvalue weighted by atomic mass is 16.1. The van der Waals surface area contributed by atoms with Crippen molar-refractivity contribution in [2.45, 2.75) is 6.92 Å². The molecule has 0 aliphatic heterocycles. The summed E-state index contributed by atoms with van der Waals surface area (Å²) in [5.41, 5.74) is 8.11. The molecule has 0 bridgehead atoms. The summed E-state index contributed by atoms with van der Waals surface area (Å²) >= 11 is 0. The Morgan fingerprint density at radius 3 is 2.93 bits per heavy atom. The van der Waals surface area contributed by atoms with Gasteiger partial charge in [-0.25, -0.2) is 0 Å². The molecule has 1 aromatic carbocycles. The molecule has 0 amide bonds. The summed E-state index contributed by atoms with van der Waals surface area (Å²) in [6, 6.07) is 5.70. The largest absolute Gasteiger partial charge is 0.361 e. The number of Topliss-reactive ketones (excluding diaryl/α,β-unsaturated/α-hetero) is 1. The summed E-state index contributed by atoms with van der Waals surface area (Å²) in [6.45, 7) is 2.01. The molecule has 0 spiro atoms. The van der Waals surface area contributed by atoms with E-state index in [0.717, 1.165) is 22.0 Å². The van der Waals surface area contributed by atoms with Gasteiger partial charge in [0.2, 0.25) is 0 Å². The van der Waals surface area contributed by atoms with Gasteiger partial charge < -0.3 is 10.7 Å². The molecule has 3 nitrogen and oxygen atoms in total. The second-order valence-electron chi connectivity index (χ2n) is 3.30. The van der Waals surface area contributed by atoms with E-state index in [1.54, 1.807) is 0 Å². The molecule has 2 rings (SSSR count). The molecule has 72 valence electrons. The number of hydrogen-bond acceptors (Lipinski definition) is 2. The number of nitrogens with two attached hydrogens (primary N) is 1. The number of nitrogens with one attached hydrogen (secondary N) is 1. The van der Waals surface area contributed by atoms with E-state index in [4.69, 9.17) is 5.73 Å². The van der Waals surface area contributed by atoms with Crippen molar-refractivity contribution in [3.05, 3.63) is 35.5 Å². The molecule has 0 aliphatic carbocycles. The highest BCUT2D eigenvalue weighted by Crippen LogP contribution is 2.20. The van der Waals surface area contributed by atoms with Crippen molar-refractivity contribution < 1.29 is 4.79 Å². The van der Waals surface area contributed by atoms with Gasteiger partial charge in [-0.15, -0.1) is 0 Å². The van der Waals surface area contributed by atoms with E-state index < -0.39 is 0 Å². The highest BCUT2D eigenvalue weighted by molar-refractivity contribution is 6.03. The van der Waals surface area contributed by atoms with Crippen LogP contribution in [0.3, 0.4) is 0 Å². The maximum absolute atomic E-state index is 11.5. The Labute approximate surface area is 81.9 Å². The number of carbonyl (C=O) groups is 1. The molecule has 0 radical (unpaired) electrons. The first kappa shape index (κ1) is 8.97. The van der Waals surface area contributed by atoms with Gasteiger partial charge in [0.15, 0.2) is 5.78 Å². The maximum atomic E-state index is 11.5. The summed E-state index contributed by atoms with van der Waals surface area (Å²) in [5, 5.41) is 1.09. The molecule has 0 unspecified atom stereocenters. The van der Waals surface area contributed by atoms with E-state index in [1.165, 1.54) is 0 Å². The average Bonchev–Trinajstić information content (AvgIpc) is 2.66. The summed E-state index contributed by atoms with van der Waals surface area (Å²) in [5.74, 6) is -0.00870. The number of benzene rings is 1. The van der Waals surface area contributed by atoms with Gasteiger partial charge in [0, 0.05) is 22.7 Å². The van der Waals surface area contributed by atoms with Crippen molar-refractivity contribution in [2.24, 2.45) is 5.73 Å². The Kier molecular flexibility index (Phi) is 2.09. The Balaban J connectivity index is 2.67. The van der Waals surface area contributed by atoms with Crippen molar-refractivity contribution >= 4 is 16.7 Å². The number of fused-ring (bicyclic) bond motifs is 1. The molecular weight excluding hydrogens is 176 g/mol. The fourth-order valence-corrected chi connectivity index (χ4v) is 1.70. The van der Waals surface area contributed by atoms with Gasteiger partial charge in [-0.3, -0.25) is 4.79 Å². The number of carbonyl (C=O) groups excluding carboxylic acids is 1. The molecular formula is C11H12N2O. The van der Waals surface area contributed by atoms with Gasteiger partial charge in [0.1, 0.15) is 0 Å². The predicted molar refractivity (Wildman–Crippen MR) is 56.4 cm³/mol. The third-order valence-corrected chi connectivity index (χ3v) is 2.49. The van der Waals surface area contributed by atoms with Gasteiger partial charge in [-0.2, -0.15) is 0 Å². The van der Waals surface area contributed by atoms with E-state index in [0.29, 0.717) is 0 Å². The molecule has 2 aromatic rings. The number of H-pyrrole nitrogens is 1. The standard InChI is InChI=1S/C11H12N2O/c1-7-8-4-5-13-10(8)3-2-9(7)11(14)6-12/h2-5,13H,6,12H2,1H3. The van der Waals surface area contributed by atoms with Gasteiger partial charge >= 0.3 is 0 Å². The van der Waals surface area contributed by atoms with Gasteiger partial charge in [-0.1, -0.05) is 0 Å². The van der Waals surface area contributed by atoms with Crippen LogP contribution in [-0.4, -0.2) is 17.3 Å². The smallest absolute Gasteiger partial charge is 0.176 e. The van der Waals surface area contributed by atoms with Crippen LogP contribution < -0.4 is 5.73 Å². The highest BCUT2D eigenvalue weighted by Gasteiger charge is 2.09. The van der Waals surface area contributed by atoms with Crippen LogP contribution in [0.1, 0.15) is 15.9 Å². The number of aryl methyl sites for hydroxylation is 1. The third-order valence-electron chi connectivity index (χ3n) is 2.49. The Morgan fingerprint density at radius 1 is 1.43 bits per heavy atom. The fourth-order valence-electron chi connectivity index (χ4n) is 1.70. The van der Waals surface area contributed by atoms with Crippen LogP contribution >= 0.6 is 0 Å². The van der Waals surface area contributed by atoms with Crippen LogP contribution in [0, 0.1) is 6.92 Å². The minimum absolute atomic E-state index is 0.00870. The molecule has 1 aromatic heterocycles. The zero-order valence-corrected chi connectivity index (χ0v) is 8.00. The Hall–Kier alpha value is -1.61. The SMILES string of the molecule is Cc1c(C(=O)CN)ccc2[nH]ccc12. The van der Waals surface area contributed by atoms with Crippen molar-refractivity contribution in [1.29, 1.82) is 0 Å². The molecule has 0 aliphatic rings. The molecule has 0 saturated heterocycles. The van der Waals surface area contributed by atoms with Crippen LogP contribution in [0.4, 0.5) is 0 Å². The summed E-state index contributed by atoms with van der Waals surface area (Å²) in [4.78, 5) is 14.6. The lowest BCUT2D eigenvalue weighted by molar-refractivity contribution is 0.100. The van der Waals surface area contributed by atoms with E-state index in [9.17, 15) is 4.79 Å². The quantitative estimate of drug-likeness (QED) is 0.703. The van der Waals surface area contributed by atoms with Crippen LogP contribution in [0.2, 0.25) is 0 Å². The maximum Gasteiger partial charge on any atom is 0.176 e. The van der Waals surface area contributed by atoms with E-state index in [2.05, 4.69) is 4.98 Å². The van der Waals surface area contributed by atoms with Crippen LogP contribution in [0.5, 0.6) is 0 Å². The number of ketones is 1. The molecule has 1 heterocycles. The molecule has 14 heavy (non-hydrogen) atoms. The Morgan fingerprint density at radius 2 is 2.21 bits per heavy atom. The first-order valence-electron chi connectivity index (χ1n) is 4.54. The predicted octanol–water partition coefficient (Wildman–Crippen LogP) is 1.62. The van der Waals surface area contributed by atoms with E-state index in [-0.39, 0.29) is 12.3 Å². The van der Waals surface area contributed by atoms with Crippen LogP contribution in [-0.2, 0) is 0 Å². The minimum atomic E-state index is -0.00870. The second kappa shape index (κ2) is 3.27. The topological polar surface area (TPSA) is 58.9 Å². The zero-order chi connectivity index (χ0) is 10.1. The molecule has 0 saturated carbocycles. The molecule has 3 N–H and O–H groups in total. The normalized spacial score (nSPS) is 10.7. The number of rotatable bonds is 2. The number of hydrogen-bond donors (Lipinski definition) is 2. The first-order chi connectivity index (χ1) is 6.74. The van der Waals surface area contributed by atoms with Crippen molar-refractivity contribution in [1.82, 2.24) is 4.98 Å². The Bertz CT molecular complexity index is 485. The number of aromatic nitrogens is 1. The first-order valence-corrected chi connectivity index (χ1v) is 4.54. The second-order valence-corrected chi connectivity index (χ2v) is 3.30. The fraction of sp³-hybridized carbons (Fsp3) is 0.182. The summed E-state index contributed by atoms with van der Waals surface area (Å²) in [7, 11) is 0. The van der Waals surface area contributed by atoms with Crippen molar-refractivity contribution in [3.8, 4) is 0 Å². The number of aromatic amines is 1. The molecule has 3 heteroatoms. The zero-order valence-electron chi connectivity index (χ0n) is 8.00. The summed E-state index contributed by atoms with van der Waals surface area (Å²) in [6.07, 6.45) is 1.87. The van der Waals surface area contributed by atoms with Gasteiger partial charge in [-0.05, 0) is 30.7 Å². The minimum Gasteiger partial charge on any atom is -0.361 e. The van der Waals surface area contributed by atoms with E-state index >= 15 is 0 Å². The monoisotopic (exact) mass is 188 g/mol. The van der Waals surface area contributed by atoms with Crippen molar-refractivity contribution in [3.63, 3.8) is 0 Å². The lowest BCUT2D eigenvalue weighted by atomic mass is 10.0.